The molecular weight excluding hydrogens is 408 g/mol. The summed E-state index contributed by atoms with van der Waals surface area (Å²) in [5.41, 5.74) is 2.28. The SMILES string of the molecule is O=c1c2ccccc2c(-c2ccccc2)nn1C[C@@H](O)COCc1ccc2c(c1)OCO2. The van der Waals surface area contributed by atoms with Gasteiger partial charge in [0.1, 0.15) is 0 Å². The number of aliphatic hydroxyl groups excluding tert-OH is 1. The van der Waals surface area contributed by atoms with Gasteiger partial charge in [0.05, 0.1) is 36.9 Å². The number of ether oxygens (including phenoxy) is 3. The molecule has 0 spiro atoms. The van der Waals surface area contributed by atoms with Crippen LogP contribution in [-0.2, 0) is 17.9 Å². The molecule has 7 nitrogen and oxygen atoms in total. The third kappa shape index (κ3) is 4.08. The summed E-state index contributed by atoms with van der Waals surface area (Å²) in [4.78, 5) is 13.0. The van der Waals surface area contributed by atoms with E-state index in [0.717, 1.165) is 16.5 Å². The van der Waals surface area contributed by atoms with Crippen molar-refractivity contribution in [2.75, 3.05) is 13.4 Å². The molecule has 1 aliphatic rings. The van der Waals surface area contributed by atoms with Gasteiger partial charge in [0, 0.05) is 10.9 Å². The first-order valence-corrected chi connectivity index (χ1v) is 10.4. The average molecular weight is 430 g/mol. The lowest BCUT2D eigenvalue weighted by atomic mass is 10.1. The Morgan fingerprint density at radius 1 is 0.969 bits per heavy atom. The molecule has 2 heterocycles. The fourth-order valence-corrected chi connectivity index (χ4v) is 3.76. The zero-order valence-corrected chi connectivity index (χ0v) is 17.3. The van der Waals surface area contributed by atoms with Crippen LogP contribution in [0.15, 0.2) is 77.6 Å². The number of aromatic nitrogens is 2. The Bertz CT molecular complexity index is 1300. The van der Waals surface area contributed by atoms with E-state index in [4.69, 9.17) is 14.2 Å². The average Bonchev–Trinajstić information content (AvgIpc) is 3.29. The first-order valence-electron chi connectivity index (χ1n) is 10.4. The van der Waals surface area contributed by atoms with E-state index in [-0.39, 0.29) is 25.5 Å². The monoisotopic (exact) mass is 430 g/mol. The van der Waals surface area contributed by atoms with E-state index in [0.29, 0.717) is 29.2 Å². The number of fused-ring (bicyclic) bond motifs is 2. The van der Waals surface area contributed by atoms with Crippen molar-refractivity contribution < 1.29 is 19.3 Å². The molecular formula is C25H22N2O5. The van der Waals surface area contributed by atoms with E-state index in [9.17, 15) is 9.90 Å². The Kier molecular flexibility index (Phi) is 5.58. The Morgan fingerprint density at radius 3 is 2.56 bits per heavy atom. The van der Waals surface area contributed by atoms with Gasteiger partial charge in [0.25, 0.3) is 5.56 Å². The van der Waals surface area contributed by atoms with Crippen molar-refractivity contribution in [1.82, 2.24) is 9.78 Å². The van der Waals surface area contributed by atoms with Crippen LogP contribution in [0.4, 0.5) is 0 Å². The molecule has 0 amide bonds. The molecule has 0 saturated heterocycles. The summed E-state index contributed by atoms with van der Waals surface area (Å²) < 4.78 is 17.7. The van der Waals surface area contributed by atoms with Gasteiger partial charge in [-0.15, -0.1) is 0 Å². The van der Waals surface area contributed by atoms with E-state index in [2.05, 4.69) is 5.10 Å². The number of hydrogen-bond donors (Lipinski definition) is 1. The second kappa shape index (κ2) is 8.82. The minimum atomic E-state index is -0.890. The van der Waals surface area contributed by atoms with Crippen LogP contribution < -0.4 is 15.0 Å². The van der Waals surface area contributed by atoms with Crippen molar-refractivity contribution in [2.24, 2.45) is 0 Å². The predicted molar refractivity (Wildman–Crippen MR) is 120 cm³/mol. The summed E-state index contributed by atoms with van der Waals surface area (Å²) in [5, 5.41) is 16.4. The lowest BCUT2D eigenvalue weighted by molar-refractivity contribution is 0.0181. The van der Waals surface area contributed by atoms with Crippen molar-refractivity contribution in [2.45, 2.75) is 19.3 Å². The summed E-state index contributed by atoms with van der Waals surface area (Å²) in [6.45, 7) is 0.626. The van der Waals surface area contributed by atoms with Crippen molar-refractivity contribution >= 4 is 10.8 Å². The Labute approximate surface area is 184 Å². The Hall–Kier alpha value is -3.68. The zero-order valence-electron chi connectivity index (χ0n) is 17.3. The van der Waals surface area contributed by atoms with Crippen molar-refractivity contribution in [3.8, 4) is 22.8 Å². The lowest BCUT2D eigenvalue weighted by Crippen LogP contribution is -2.31. The molecule has 7 heteroatoms. The Morgan fingerprint density at radius 2 is 1.72 bits per heavy atom. The summed E-state index contributed by atoms with van der Waals surface area (Å²) in [6.07, 6.45) is -0.890. The number of nitrogens with zero attached hydrogens (tertiary/aromatic N) is 2. The van der Waals surface area contributed by atoms with Gasteiger partial charge in [0.2, 0.25) is 6.79 Å². The van der Waals surface area contributed by atoms with Crippen molar-refractivity contribution in [3.63, 3.8) is 0 Å². The van der Waals surface area contributed by atoms with Gasteiger partial charge in [-0.1, -0.05) is 54.6 Å². The molecule has 3 aromatic carbocycles. The minimum absolute atomic E-state index is 0.0324. The molecule has 1 aliphatic heterocycles. The highest BCUT2D eigenvalue weighted by atomic mass is 16.7. The summed E-state index contributed by atoms with van der Waals surface area (Å²) in [7, 11) is 0. The molecule has 0 unspecified atom stereocenters. The normalized spacial score (nSPS) is 13.4. The predicted octanol–water partition coefficient (Wildman–Crippen LogP) is 3.37. The maximum atomic E-state index is 13.0. The van der Waals surface area contributed by atoms with E-state index in [1.165, 1.54) is 4.68 Å². The third-order valence-corrected chi connectivity index (χ3v) is 5.31. The van der Waals surface area contributed by atoms with Crippen LogP contribution in [0.2, 0.25) is 0 Å². The van der Waals surface area contributed by atoms with Gasteiger partial charge in [-0.2, -0.15) is 5.10 Å². The molecule has 0 saturated carbocycles. The molecule has 32 heavy (non-hydrogen) atoms. The smallest absolute Gasteiger partial charge is 0.274 e. The van der Waals surface area contributed by atoms with Gasteiger partial charge in [-0.3, -0.25) is 4.79 Å². The lowest BCUT2D eigenvalue weighted by Gasteiger charge is -2.15. The highest BCUT2D eigenvalue weighted by molar-refractivity contribution is 5.93. The Balaban J connectivity index is 1.32. The maximum Gasteiger partial charge on any atom is 0.274 e. The quantitative estimate of drug-likeness (QED) is 0.484. The van der Waals surface area contributed by atoms with Crippen LogP contribution in [0.3, 0.4) is 0 Å². The van der Waals surface area contributed by atoms with Crippen LogP contribution >= 0.6 is 0 Å². The maximum absolute atomic E-state index is 13.0. The summed E-state index contributed by atoms with van der Waals surface area (Å²) in [5.74, 6) is 1.40. The minimum Gasteiger partial charge on any atom is -0.454 e. The van der Waals surface area contributed by atoms with Crippen LogP contribution in [0.5, 0.6) is 11.5 Å². The first-order chi connectivity index (χ1) is 15.7. The van der Waals surface area contributed by atoms with Crippen LogP contribution in [0, 0.1) is 0 Å². The molecule has 1 aromatic heterocycles. The van der Waals surface area contributed by atoms with E-state index >= 15 is 0 Å². The summed E-state index contributed by atoms with van der Waals surface area (Å²) in [6, 6.07) is 22.7. The molecule has 0 aliphatic carbocycles. The molecule has 0 bridgehead atoms. The number of rotatable bonds is 7. The van der Waals surface area contributed by atoms with E-state index in [1.807, 2.05) is 66.7 Å². The van der Waals surface area contributed by atoms with Crippen molar-refractivity contribution in [1.29, 1.82) is 0 Å². The van der Waals surface area contributed by atoms with Gasteiger partial charge in [0.15, 0.2) is 11.5 Å². The molecule has 1 N–H and O–H groups in total. The largest absolute Gasteiger partial charge is 0.454 e. The molecule has 4 aromatic rings. The fraction of sp³-hybridized carbons (Fsp3) is 0.200. The van der Waals surface area contributed by atoms with Gasteiger partial charge in [-0.05, 0) is 23.8 Å². The number of benzene rings is 3. The fourth-order valence-electron chi connectivity index (χ4n) is 3.76. The van der Waals surface area contributed by atoms with Crippen LogP contribution in [-0.4, -0.2) is 34.4 Å². The van der Waals surface area contributed by atoms with Gasteiger partial charge in [-0.25, -0.2) is 4.68 Å². The zero-order chi connectivity index (χ0) is 21.9. The topological polar surface area (TPSA) is 82.8 Å². The number of aliphatic hydroxyl groups is 1. The number of hydrogen-bond acceptors (Lipinski definition) is 6. The standard InChI is InChI=1S/C25H22N2O5/c28-19(15-30-14-17-10-11-22-23(12-17)32-16-31-22)13-27-25(29)21-9-5-4-8-20(21)24(26-27)18-6-2-1-3-7-18/h1-12,19,28H,13-16H2/t19-/m1/s1. The van der Waals surface area contributed by atoms with Gasteiger partial charge >= 0.3 is 0 Å². The van der Waals surface area contributed by atoms with Crippen molar-refractivity contribution in [3.05, 3.63) is 88.7 Å². The second-order valence-electron chi connectivity index (χ2n) is 7.60. The molecule has 0 radical (unpaired) electrons. The van der Waals surface area contributed by atoms with Crippen LogP contribution in [0.25, 0.3) is 22.0 Å². The van der Waals surface area contributed by atoms with Gasteiger partial charge < -0.3 is 19.3 Å². The highest BCUT2D eigenvalue weighted by Crippen LogP contribution is 2.32. The summed E-state index contributed by atoms with van der Waals surface area (Å²) >= 11 is 0. The molecule has 162 valence electrons. The van der Waals surface area contributed by atoms with E-state index < -0.39 is 6.10 Å². The molecule has 0 fully saturated rings. The van der Waals surface area contributed by atoms with Crippen LogP contribution in [0.1, 0.15) is 5.56 Å². The highest BCUT2D eigenvalue weighted by Gasteiger charge is 2.16. The third-order valence-electron chi connectivity index (χ3n) is 5.31. The molecule has 1 atom stereocenters. The first kappa shape index (κ1) is 20.2. The second-order valence-corrected chi connectivity index (χ2v) is 7.60. The molecule has 5 rings (SSSR count). The van der Waals surface area contributed by atoms with E-state index in [1.54, 1.807) is 6.07 Å².